The number of hydrogen-bond acceptors (Lipinski definition) is 3. The number of benzene rings is 4. The average Bonchev–Trinajstić information content (AvgIpc) is 3.51. The molecule has 0 saturated heterocycles. The first-order chi connectivity index (χ1) is 19.7. The molecule has 0 fully saturated rings. The summed E-state index contributed by atoms with van der Waals surface area (Å²) in [5.41, 5.74) is 7.98. The fourth-order valence-electron chi connectivity index (χ4n) is 6.00. The molecular formula is C36H28FN2O2+. The third-order valence-corrected chi connectivity index (χ3v) is 8.10. The molecule has 0 aliphatic heterocycles. The minimum Gasteiger partial charge on any atom is -0.456 e. The maximum absolute atomic E-state index is 15.5. The number of pyridine rings is 1. The van der Waals surface area contributed by atoms with Crippen LogP contribution in [0.25, 0.3) is 66.3 Å². The van der Waals surface area contributed by atoms with Gasteiger partial charge in [0.1, 0.15) is 35.2 Å². The van der Waals surface area contributed by atoms with Crippen LogP contribution in [0.2, 0.25) is 0 Å². The van der Waals surface area contributed by atoms with Gasteiger partial charge in [0.25, 0.3) is 0 Å². The highest BCUT2D eigenvalue weighted by atomic mass is 19.1. The highest BCUT2D eigenvalue weighted by Crippen LogP contribution is 2.43. The van der Waals surface area contributed by atoms with E-state index in [1.165, 1.54) is 0 Å². The lowest BCUT2D eigenvalue weighted by Gasteiger charge is -2.18. The van der Waals surface area contributed by atoms with Crippen molar-refractivity contribution in [3.8, 4) is 28.5 Å². The van der Waals surface area contributed by atoms with Gasteiger partial charge in [0.2, 0.25) is 5.69 Å². The van der Waals surface area contributed by atoms with Crippen LogP contribution in [0.4, 0.5) is 4.39 Å². The summed E-state index contributed by atoms with van der Waals surface area (Å²) in [6.45, 7) is 8.01. The van der Waals surface area contributed by atoms with Crippen LogP contribution in [-0.4, -0.2) is 0 Å². The van der Waals surface area contributed by atoms with Gasteiger partial charge in [-0.2, -0.15) is 5.26 Å². The molecule has 0 aliphatic carbocycles. The molecular weight excluding hydrogens is 511 g/mol. The molecule has 0 bridgehead atoms. The topological polar surface area (TPSA) is 54.0 Å². The summed E-state index contributed by atoms with van der Waals surface area (Å²) in [5, 5.41) is 13.8. The minimum atomic E-state index is -0.335. The van der Waals surface area contributed by atoms with Crippen molar-refractivity contribution in [1.82, 2.24) is 0 Å². The molecule has 5 heteroatoms. The molecule has 7 rings (SSSR count). The third kappa shape index (κ3) is 3.75. The first kappa shape index (κ1) is 25.0. The molecule has 4 aromatic carbocycles. The number of rotatable bonds is 2. The van der Waals surface area contributed by atoms with Gasteiger partial charge in [-0.3, -0.25) is 0 Å². The number of hydrogen-bond donors (Lipinski definition) is 0. The van der Waals surface area contributed by atoms with E-state index >= 15 is 4.39 Å². The SMILES string of the molecule is Cc1ccc2c(oc3c(-c4ccc5c(c4)oc4ccccc45)ccc(C#N)c32)c1-c1cc(F)c(C(C)(C)C)c[n+]1C. The van der Waals surface area contributed by atoms with Crippen molar-refractivity contribution in [2.24, 2.45) is 7.05 Å². The van der Waals surface area contributed by atoms with Gasteiger partial charge in [-0.05, 0) is 53.8 Å². The van der Waals surface area contributed by atoms with Gasteiger partial charge in [0.05, 0.1) is 22.8 Å². The Balaban J connectivity index is 1.51. The third-order valence-electron chi connectivity index (χ3n) is 8.10. The second kappa shape index (κ2) is 8.78. The van der Waals surface area contributed by atoms with Crippen LogP contribution >= 0.6 is 0 Å². The van der Waals surface area contributed by atoms with Crippen molar-refractivity contribution in [1.29, 1.82) is 5.26 Å². The molecule has 0 N–H and O–H groups in total. The number of nitrogens with zero attached hydrogens (tertiary/aromatic N) is 2. The summed E-state index contributed by atoms with van der Waals surface area (Å²) in [6, 6.07) is 25.9. The Bertz CT molecular complexity index is 2240. The predicted octanol–water partition coefficient (Wildman–Crippen LogP) is 9.26. The second-order valence-corrected chi connectivity index (χ2v) is 11.8. The van der Waals surface area contributed by atoms with Crippen molar-refractivity contribution >= 4 is 43.9 Å². The van der Waals surface area contributed by atoms with Crippen molar-refractivity contribution in [3.05, 3.63) is 102 Å². The fraction of sp³-hybridized carbons (Fsp3) is 0.167. The van der Waals surface area contributed by atoms with Crippen LogP contribution in [-0.2, 0) is 12.5 Å². The summed E-state index contributed by atoms with van der Waals surface area (Å²) < 4.78 is 30.3. The van der Waals surface area contributed by atoms with E-state index in [-0.39, 0.29) is 11.2 Å². The summed E-state index contributed by atoms with van der Waals surface area (Å²) in [7, 11) is 1.93. The molecule has 0 amide bonds. The van der Waals surface area contributed by atoms with E-state index in [1.807, 2.05) is 94.0 Å². The Morgan fingerprint density at radius 1 is 0.829 bits per heavy atom. The molecule has 4 nitrogen and oxygen atoms in total. The summed E-state index contributed by atoms with van der Waals surface area (Å²) >= 11 is 0. The predicted molar refractivity (Wildman–Crippen MR) is 161 cm³/mol. The fourth-order valence-corrected chi connectivity index (χ4v) is 6.00. The van der Waals surface area contributed by atoms with Crippen LogP contribution in [0.1, 0.15) is 37.5 Å². The van der Waals surface area contributed by atoms with Crippen LogP contribution < -0.4 is 4.57 Å². The molecule has 0 unspecified atom stereocenters. The molecule has 0 spiro atoms. The Hall–Kier alpha value is -4.95. The smallest absolute Gasteiger partial charge is 0.219 e. The zero-order valence-electron chi connectivity index (χ0n) is 23.6. The van der Waals surface area contributed by atoms with Gasteiger partial charge < -0.3 is 8.83 Å². The quantitative estimate of drug-likeness (QED) is 0.206. The lowest BCUT2D eigenvalue weighted by molar-refractivity contribution is -0.661. The van der Waals surface area contributed by atoms with E-state index in [1.54, 1.807) is 6.07 Å². The number of halogens is 1. The molecule has 0 saturated carbocycles. The highest BCUT2D eigenvalue weighted by Gasteiger charge is 2.28. The Morgan fingerprint density at radius 3 is 2.37 bits per heavy atom. The van der Waals surface area contributed by atoms with E-state index in [9.17, 15) is 5.26 Å². The Morgan fingerprint density at radius 2 is 1.59 bits per heavy atom. The maximum atomic E-state index is 15.5. The molecule has 3 aromatic heterocycles. The van der Waals surface area contributed by atoms with Gasteiger partial charge in [-0.1, -0.05) is 57.2 Å². The Kier molecular flexibility index (Phi) is 5.36. The standard InChI is InChI=1S/C36H28FN2O2/c1-20-10-13-26-33-22(18-38)12-14-23(21-11-15-25-24-8-6-7-9-30(24)40-31(25)16-21)34(33)41-35(26)32(20)29-17-28(37)27(19-39(29)5)36(2,3)4/h6-17,19H,1-5H3/q+1. The summed E-state index contributed by atoms with van der Waals surface area (Å²) in [6.07, 6.45) is 1.86. The van der Waals surface area contributed by atoms with Gasteiger partial charge >= 0.3 is 0 Å². The van der Waals surface area contributed by atoms with Crippen molar-refractivity contribution < 1.29 is 17.8 Å². The van der Waals surface area contributed by atoms with Crippen LogP contribution in [0.5, 0.6) is 0 Å². The van der Waals surface area contributed by atoms with Crippen molar-refractivity contribution in [3.63, 3.8) is 0 Å². The summed E-state index contributed by atoms with van der Waals surface area (Å²) in [5.74, 6) is -0.254. The van der Waals surface area contributed by atoms with Gasteiger partial charge in [-0.25, -0.2) is 8.96 Å². The second-order valence-electron chi connectivity index (χ2n) is 11.8. The summed E-state index contributed by atoms with van der Waals surface area (Å²) in [4.78, 5) is 0. The molecule has 0 atom stereocenters. The first-order valence-corrected chi connectivity index (χ1v) is 13.7. The van der Waals surface area contributed by atoms with E-state index in [4.69, 9.17) is 8.83 Å². The minimum absolute atomic E-state index is 0.254. The number of fused-ring (bicyclic) bond motifs is 6. The van der Waals surface area contributed by atoms with Gasteiger partial charge in [0, 0.05) is 33.2 Å². The van der Waals surface area contributed by atoms with E-state index in [2.05, 4.69) is 24.3 Å². The van der Waals surface area contributed by atoms with Crippen LogP contribution in [0.15, 0.2) is 87.8 Å². The Labute approximate surface area is 236 Å². The molecule has 0 radical (unpaired) electrons. The van der Waals surface area contributed by atoms with Crippen LogP contribution in [0, 0.1) is 24.1 Å². The number of nitriles is 1. The van der Waals surface area contributed by atoms with E-state index in [0.717, 1.165) is 55.0 Å². The van der Waals surface area contributed by atoms with E-state index in [0.29, 0.717) is 28.0 Å². The normalized spacial score (nSPS) is 12.1. The van der Waals surface area contributed by atoms with E-state index < -0.39 is 0 Å². The van der Waals surface area contributed by atoms with Gasteiger partial charge in [-0.15, -0.1) is 0 Å². The zero-order valence-corrected chi connectivity index (χ0v) is 23.6. The number of para-hydroxylation sites is 1. The molecule has 0 aliphatic rings. The maximum Gasteiger partial charge on any atom is 0.219 e. The number of aryl methyl sites for hydroxylation is 2. The molecule has 200 valence electrons. The molecule has 41 heavy (non-hydrogen) atoms. The first-order valence-electron chi connectivity index (χ1n) is 13.7. The van der Waals surface area contributed by atoms with Gasteiger partial charge in [0.15, 0.2) is 6.20 Å². The lowest BCUT2D eigenvalue weighted by atomic mass is 9.87. The van der Waals surface area contributed by atoms with Crippen LogP contribution in [0.3, 0.4) is 0 Å². The monoisotopic (exact) mass is 539 g/mol. The lowest BCUT2D eigenvalue weighted by Crippen LogP contribution is -2.34. The average molecular weight is 540 g/mol. The largest absolute Gasteiger partial charge is 0.456 e. The molecule has 7 aromatic rings. The highest BCUT2D eigenvalue weighted by molar-refractivity contribution is 6.16. The molecule has 3 heterocycles. The van der Waals surface area contributed by atoms with Crippen molar-refractivity contribution in [2.45, 2.75) is 33.1 Å². The zero-order chi connectivity index (χ0) is 28.6. The number of aromatic nitrogens is 1. The van der Waals surface area contributed by atoms with Crippen molar-refractivity contribution in [2.75, 3.05) is 0 Å². The number of furan rings is 2.